The van der Waals surface area contributed by atoms with Gasteiger partial charge < -0.3 is 9.38 Å². The zero-order chi connectivity index (χ0) is 24.4. The fourth-order valence-electron chi connectivity index (χ4n) is 4.34. The molecule has 0 aliphatic heterocycles. The van der Waals surface area contributed by atoms with Gasteiger partial charge in [-0.3, -0.25) is 9.05 Å². The summed E-state index contributed by atoms with van der Waals surface area (Å²) >= 11 is 2.02. The fraction of sp³-hybridized carbons (Fsp3) is 1.00. The highest BCUT2D eigenvalue weighted by Crippen LogP contribution is 2.48. The van der Waals surface area contributed by atoms with Gasteiger partial charge in [0, 0.05) is 5.25 Å². The summed E-state index contributed by atoms with van der Waals surface area (Å²) in [4.78, 5) is 9.97. The Morgan fingerprint density at radius 3 is 1.88 bits per heavy atom. The number of nitrogens with zero attached hydrogens (tertiary/aromatic N) is 1. The molecule has 1 saturated carbocycles. The lowest BCUT2D eigenvalue weighted by Gasteiger charge is -2.24. The van der Waals surface area contributed by atoms with Crippen LogP contribution in [-0.4, -0.2) is 60.8 Å². The normalized spacial score (nSPS) is 20.9. The minimum absolute atomic E-state index is 0.140. The van der Waals surface area contributed by atoms with E-state index in [1.54, 1.807) is 0 Å². The SMILES string of the molecule is CCCCCCCCCCCCCCCCSC1CCC(OP(=O)(O)OCC[N+](C)(C)C)C1. The van der Waals surface area contributed by atoms with Crippen molar-refractivity contribution in [2.24, 2.45) is 0 Å². The van der Waals surface area contributed by atoms with Gasteiger partial charge in [-0.25, -0.2) is 4.57 Å². The largest absolute Gasteiger partial charge is 0.472 e. The minimum Gasteiger partial charge on any atom is -0.329 e. The molecule has 0 saturated heterocycles. The van der Waals surface area contributed by atoms with Gasteiger partial charge in [-0.1, -0.05) is 90.4 Å². The van der Waals surface area contributed by atoms with Crippen LogP contribution in [0.3, 0.4) is 0 Å². The second kappa shape index (κ2) is 18.7. The van der Waals surface area contributed by atoms with Gasteiger partial charge >= 0.3 is 7.82 Å². The van der Waals surface area contributed by atoms with Gasteiger partial charge in [0.2, 0.25) is 0 Å². The lowest BCUT2D eigenvalue weighted by molar-refractivity contribution is -0.870. The monoisotopic (exact) mass is 508 g/mol. The highest BCUT2D eigenvalue weighted by Gasteiger charge is 2.33. The molecule has 1 rings (SSSR count). The Kier molecular flexibility index (Phi) is 17.8. The van der Waals surface area contributed by atoms with E-state index in [1.165, 1.54) is 95.6 Å². The van der Waals surface area contributed by atoms with Crippen LogP contribution < -0.4 is 0 Å². The van der Waals surface area contributed by atoms with Crippen LogP contribution in [0, 0.1) is 0 Å². The Balaban J connectivity index is 1.91. The maximum atomic E-state index is 12.2. The second-order valence-electron chi connectivity index (χ2n) is 10.9. The lowest BCUT2D eigenvalue weighted by Crippen LogP contribution is -2.37. The van der Waals surface area contributed by atoms with E-state index in [1.807, 2.05) is 32.9 Å². The van der Waals surface area contributed by atoms with E-state index in [0.29, 0.717) is 16.3 Å². The number of quaternary nitrogens is 1. The van der Waals surface area contributed by atoms with E-state index in [-0.39, 0.29) is 12.7 Å². The molecular weight excluding hydrogens is 453 g/mol. The molecule has 1 N–H and O–H groups in total. The van der Waals surface area contributed by atoms with Gasteiger partial charge in [-0.2, -0.15) is 11.8 Å². The van der Waals surface area contributed by atoms with Crippen LogP contribution in [0.25, 0.3) is 0 Å². The predicted molar refractivity (Wildman–Crippen MR) is 144 cm³/mol. The van der Waals surface area contributed by atoms with Gasteiger partial charge in [-0.05, 0) is 31.4 Å². The highest BCUT2D eigenvalue weighted by molar-refractivity contribution is 7.99. The molecule has 0 aromatic rings. The Labute approximate surface area is 210 Å². The van der Waals surface area contributed by atoms with Crippen LogP contribution in [0.4, 0.5) is 0 Å². The zero-order valence-electron chi connectivity index (χ0n) is 22.3. The standard InChI is InChI=1S/C26H54NO4PS/c1-5-6-7-8-9-10-11-12-13-14-15-16-17-18-23-33-26-20-19-25(24-26)31-32(28,29)30-22-21-27(2,3)4/h25-26H,5-24H2,1-4H3/p+1. The third-order valence-corrected chi connectivity index (χ3v) is 8.98. The molecule has 0 heterocycles. The number of rotatable bonds is 22. The Hall–Kier alpha value is 0.420. The summed E-state index contributed by atoms with van der Waals surface area (Å²) in [5.41, 5.74) is 0. The van der Waals surface area contributed by atoms with E-state index in [9.17, 15) is 9.46 Å². The Bertz CT molecular complexity index is 515. The first-order valence-corrected chi connectivity index (χ1v) is 16.3. The van der Waals surface area contributed by atoms with Crippen molar-refractivity contribution in [1.29, 1.82) is 0 Å². The summed E-state index contributed by atoms with van der Waals surface area (Å²) in [6.07, 6.45) is 22.2. The van der Waals surface area contributed by atoms with Crippen molar-refractivity contribution in [3.63, 3.8) is 0 Å². The Morgan fingerprint density at radius 2 is 1.36 bits per heavy atom. The van der Waals surface area contributed by atoms with Crippen molar-refractivity contribution in [3.8, 4) is 0 Å². The predicted octanol–water partition coefficient (Wildman–Crippen LogP) is 7.96. The average Bonchev–Trinajstić information content (AvgIpc) is 3.16. The first-order valence-electron chi connectivity index (χ1n) is 13.8. The molecule has 7 heteroatoms. The number of phosphoric ester groups is 1. The van der Waals surface area contributed by atoms with E-state index in [0.717, 1.165) is 19.3 Å². The van der Waals surface area contributed by atoms with Crippen LogP contribution in [0.15, 0.2) is 0 Å². The van der Waals surface area contributed by atoms with Gasteiger partial charge in [0.1, 0.15) is 13.2 Å². The van der Waals surface area contributed by atoms with E-state index in [4.69, 9.17) is 9.05 Å². The molecule has 3 atom stereocenters. The van der Waals surface area contributed by atoms with Crippen molar-refractivity contribution in [1.82, 2.24) is 0 Å². The Morgan fingerprint density at radius 1 is 0.848 bits per heavy atom. The summed E-state index contributed by atoms with van der Waals surface area (Å²) in [7, 11) is 2.16. The molecule has 0 spiro atoms. The molecule has 33 heavy (non-hydrogen) atoms. The average molecular weight is 509 g/mol. The summed E-state index contributed by atoms with van der Waals surface area (Å²) in [6.45, 7) is 3.20. The zero-order valence-corrected chi connectivity index (χ0v) is 24.0. The van der Waals surface area contributed by atoms with Crippen LogP contribution in [0.5, 0.6) is 0 Å². The quantitative estimate of drug-likeness (QED) is 0.0913. The molecule has 1 aliphatic carbocycles. The van der Waals surface area contributed by atoms with Crippen molar-refractivity contribution in [3.05, 3.63) is 0 Å². The number of phosphoric acid groups is 1. The smallest absolute Gasteiger partial charge is 0.329 e. The van der Waals surface area contributed by atoms with Crippen molar-refractivity contribution >= 4 is 19.6 Å². The van der Waals surface area contributed by atoms with Gasteiger partial charge in [0.25, 0.3) is 0 Å². The molecule has 0 aromatic heterocycles. The maximum absolute atomic E-state index is 12.2. The summed E-state index contributed by atoms with van der Waals surface area (Å²) in [5.74, 6) is 1.20. The number of hydrogen-bond donors (Lipinski definition) is 1. The molecule has 0 bridgehead atoms. The minimum atomic E-state index is -3.94. The van der Waals surface area contributed by atoms with Gasteiger partial charge in [0.15, 0.2) is 0 Å². The molecule has 1 aliphatic rings. The van der Waals surface area contributed by atoms with Crippen LogP contribution in [-0.2, 0) is 13.6 Å². The molecule has 0 amide bonds. The molecule has 0 aromatic carbocycles. The first kappa shape index (κ1) is 31.4. The molecule has 5 nitrogen and oxygen atoms in total. The van der Waals surface area contributed by atoms with E-state index in [2.05, 4.69) is 6.92 Å². The van der Waals surface area contributed by atoms with Gasteiger partial charge in [0.05, 0.1) is 27.2 Å². The molecular formula is C26H55NO4PS+. The second-order valence-corrected chi connectivity index (χ2v) is 13.8. The number of thioether (sulfide) groups is 1. The highest BCUT2D eigenvalue weighted by atomic mass is 32.2. The van der Waals surface area contributed by atoms with Crippen LogP contribution >= 0.6 is 19.6 Å². The number of likely N-dealkylation sites (N-methyl/N-ethyl adjacent to an activating group) is 1. The van der Waals surface area contributed by atoms with Crippen LogP contribution in [0.2, 0.25) is 0 Å². The molecule has 3 unspecified atom stereocenters. The molecule has 198 valence electrons. The molecule has 0 radical (unpaired) electrons. The number of unbranched alkanes of at least 4 members (excludes halogenated alkanes) is 13. The third-order valence-electron chi connectivity index (χ3n) is 6.49. The first-order chi connectivity index (χ1) is 15.7. The van der Waals surface area contributed by atoms with Gasteiger partial charge in [-0.15, -0.1) is 0 Å². The summed E-state index contributed by atoms with van der Waals surface area (Å²) in [5, 5.41) is 0.559. The summed E-state index contributed by atoms with van der Waals surface area (Å²) in [6, 6.07) is 0. The lowest BCUT2D eigenvalue weighted by atomic mass is 10.0. The number of hydrogen-bond acceptors (Lipinski definition) is 4. The maximum Gasteiger partial charge on any atom is 0.472 e. The van der Waals surface area contributed by atoms with Crippen LogP contribution in [0.1, 0.15) is 116 Å². The fourth-order valence-corrected chi connectivity index (χ4v) is 6.64. The van der Waals surface area contributed by atoms with E-state index < -0.39 is 7.82 Å². The van der Waals surface area contributed by atoms with Crippen molar-refractivity contribution in [2.45, 2.75) is 127 Å². The van der Waals surface area contributed by atoms with Crippen molar-refractivity contribution in [2.75, 3.05) is 40.0 Å². The third kappa shape index (κ3) is 19.3. The summed E-state index contributed by atoms with van der Waals surface area (Å²) < 4.78 is 23.5. The van der Waals surface area contributed by atoms with E-state index >= 15 is 0 Å². The topological polar surface area (TPSA) is 55.8 Å². The molecule has 1 fully saturated rings. The van der Waals surface area contributed by atoms with Crippen molar-refractivity contribution < 1.29 is 23.0 Å².